The second-order valence-electron chi connectivity index (χ2n) is 6.95. The van der Waals surface area contributed by atoms with E-state index in [1.165, 1.54) is 23.9 Å². The number of H-pyrrole nitrogens is 1. The Balaban J connectivity index is 1.87. The van der Waals surface area contributed by atoms with E-state index in [2.05, 4.69) is 10.4 Å². The van der Waals surface area contributed by atoms with E-state index in [-0.39, 0.29) is 27.5 Å². The number of esters is 1. The summed E-state index contributed by atoms with van der Waals surface area (Å²) in [5, 5.41) is 6.30. The molecule has 0 spiro atoms. The van der Waals surface area contributed by atoms with E-state index in [1.54, 1.807) is 54.6 Å². The summed E-state index contributed by atoms with van der Waals surface area (Å²) in [6.45, 7) is 0. The number of para-hydroxylation sites is 2. The van der Waals surface area contributed by atoms with Gasteiger partial charge in [-0.3, -0.25) is 14.7 Å². The standard InChI is InChI=1S/C24H17Cl2N3O4/c1-33-24(32)17-9-5-6-10-19(17)27-22(30)20-21(16-12-11-14(25)13-18(16)26)28-29(23(20)31)15-7-3-2-4-8-15/h2-13,28H,1H3,(H,27,30). The summed E-state index contributed by atoms with van der Waals surface area (Å²) in [4.78, 5) is 38.8. The lowest BCUT2D eigenvalue weighted by atomic mass is 10.1. The number of carbonyl (C=O) groups excluding carboxylic acids is 2. The number of benzene rings is 3. The third kappa shape index (κ3) is 4.41. The number of carbonyl (C=O) groups is 2. The highest BCUT2D eigenvalue weighted by Crippen LogP contribution is 2.31. The molecule has 4 rings (SSSR count). The fourth-order valence-electron chi connectivity index (χ4n) is 3.36. The van der Waals surface area contributed by atoms with Gasteiger partial charge in [-0.05, 0) is 42.5 Å². The van der Waals surface area contributed by atoms with Crippen LogP contribution < -0.4 is 10.9 Å². The first-order chi connectivity index (χ1) is 15.9. The van der Waals surface area contributed by atoms with E-state index in [9.17, 15) is 14.4 Å². The normalized spacial score (nSPS) is 10.6. The van der Waals surface area contributed by atoms with Crippen LogP contribution in [0.5, 0.6) is 0 Å². The lowest BCUT2D eigenvalue weighted by molar-refractivity contribution is 0.0602. The first-order valence-corrected chi connectivity index (χ1v) is 10.5. The molecule has 2 N–H and O–H groups in total. The average Bonchev–Trinajstić information content (AvgIpc) is 3.16. The second-order valence-corrected chi connectivity index (χ2v) is 7.80. The quantitative estimate of drug-likeness (QED) is 0.384. The van der Waals surface area contributed by atoms with Gasteiger partial charge in [-0.25, -0.2) is 9.48 Å². The fraction of sp³-hybridized carbons (Fsp3) is 0.0417. The molecule has 1 amide bonds. The molecule has 33 heavy (non-hydrogen) atoms. The number of hydrogen-bond donors (Lipinski definition) is 2. The molecule has 0 unspecified atom stereocenters. The van der Waals surface area contributed by atoms with Crippen LogP contribution in [0.3, 0.4) is 0 Å². The highest BCUT2D eigenvalue weighted by molar-refractivity contribution is 6.36. The average molecular weight is 482 g/mol. The first-order valence-electron chi connectivity index (χ1n) is 9.75. The molecule has 0 bridgehead atoms. The van der Waals surface area contributed by atoms with Crippen LogP contribution in [0.4, 0.5) is 5.69 Å². The predicted octanol–water partition coefficient (Wildman–Crippen LogP) is 5.18. The van der Waals surface area contributed by atoms with E-state index in [1.807, 2.05) is 6.07 Å². The number of nitrogens with zero attached hydrogens (tertiary/aromatic N) is 1. The first kappa shape index (κ1) is 22.4. The molecule has 4 aromatic rings. The zero-order valence-corrected chi connectivity index (χ0v) is 18.8. The van der Waals surface area contributed by atoms with Crippen LogP contribution in [0.1, 0.15) is 20.7 Å². The maximum absolute atomic E-state index is 13.4. The van der Waals surface area contributed by atoms with Crippen molar-refractivity contribution in [1.29, 1.82) is 0 Å². The number of rotatable bonds is 5. The van der Waals surface area contributed by atoms with Crippen molar-refractivity contribution in [3.63, 3.8) is 0 Å². The van der Waals surface area contributed by atoms with Crippen LogP contribution >= 0.6 is 23.2 Å². The van der Waals surface area contributed by atoms with Gasteiger partial charge in [-0.15, -0.1) is 0 Å². The third-order valence-electron chi connectivity index (χ3n) is 4.91. The molecule has 166 valence electrons. The number of methoxy groups -OCH3 is 1. The zero-order chi connectivity index (χ0) is 23.5. The highest BCUT2D eigenvalue weighted by atomic mass is 35.5. The lowest BCUT2D eigenvalue weighted by Gasteiger charge is -2.10. The molecule has 0 saturated carbocycles. The summed E-state index contributed by atoms with van der Waals surface area (Å²) in [5.74, 6) is -1.34. The van der Waals surface area contributed by atoms with Crippen molar-refractivity contribution in [3.05, 3.63) is 104 Å². The van der Waals surface area contributed by atoms with Crippen molar-refractivity contribution in [2.45, 2.75) is 0 Å². The number of anilines is 1. The molecule has 0 aliphatic rings. The topological polar surface area (TPSA) is 93.2 Å². The number of aromatic amines is 1. The predicted molar refractivity (Wildman–Crippen MR) is 128 cm³/mol. The zero-order valence-electron chi connectivity index (χ0n) is 17.3. The minimum Gasteiger partial charge on any atom is -0.465 e. The van der Waals surface area contributed by atoms with E-state index in [0.29, 0.717) is 16.3 Å². The van der Waals surface area contributed by atoms with Gasteiger partial charge in [-0.2, -0.15) is 0 Å². The summed E-state index contributed by atoms with van der Waals surface area (Å²) in [5.41, 5.74) is 0.742. The summed E-state index contributed by atoms with van der Waals surface area (Å²) in [6.07, 6.45) is 0. The van der Waals surface area contributed by atoms with E-state index in [0.717, 1.165) is 0 Å². The van der Waals surface area contributed by atoms with Crippen molar-refractivity contribution in [2.75, 3.05) is 12.4 Å². The largest absolute Gasteiger partial charge is 0.465 e. The highest BCUT2D eigenvalue weighted by Gasteiger charge is 2.25. The van der Waals surface area contributed by atoms with E-state index in [4.69, 9.17) is 27.9 Å². The van der Waals surface area contributed by atoms with Gasteiger partial charge in [0.1, 0.15) is 5.56 Å². The number of amides is 1. The summed E-state index contributed by atoms with van der Waals surface area (Å²) >= 11 is 12.4. The van der Waals surface area contributed by atoms with Crippen molar-refractivity contribution >= 4 is 40.8 Å². The molecule has 1 heterocycles. The molecule has 0 radical (unpaired) electrons. The summed E-state index contributed by atoms with van der Waals surface area (Å²) in [7, 11) is 1.24. The van der Waals surface area contributed by atoms with Crippen LogP contribution in [-0.2, 0) is 4.74 Å². The second kappa shape index (κ2) is 9.36. The Bertz CT molecular complexity index is 1410. The Kier molecular flexibility index (Phi) is 6.35. The molecule has 0 atom stereocenters. The molecule has 0 saturated heterocycles. The smallest absolute Gasteiger partial charge is 0.339 e. The van der Waals surface area contributed by atoms with Gasteiger partial charge in [-0.1, -0.05) is 53.5 Å². The Morgan fingerprint density at radius 3 is 2.36 bits per heavy atom. The van der Waals surface area contributed by atoms with Gasteiger partial charge >= 0.3 is 5.97 Å². The maximum Gasteiger partial charge on any atom is 0.339 e. The maximum atomic E-state index is 13.4. The Morgan fingerprint density at radius 1 is 0.970 bits per heavy atom. The van der Waals surface area contributed by atoms with Crippen molar-refractivity contribution in [2.24, 2.45) is 0 Å². The van der Waals surface area contributed by atoms with Gasteiger partial charge in [0.05, 0.1) is 34.8 Å². The number of nitrogens with one attached hydrogen (secondary N) is 2. The lowest BCUT2D eigenvalue weighted by Crippen LogP contribution is -2.25. The molecule has 3 aromatic carbocycles. The van der Waals surface area contributed by atoms with Gasteiger partial charge in [0, 0.05) is 10.6 Å². The molecular weight excluding hydrogens is 465 g/mol. The fourth-order valence-corrected chi connectivity index (χ4v) is 3.86. The van der Waals surface area contributed by atoms with Crippen LogP contribution in [0.25, 0.3) is 16.9 Å². The number of aromatic nitrogens is 2. The minimum absolute atomic E-state index is 0.151. The molecular formula is C24H17Cl2N3O4. The number of halogens is 2. The van der Waals surface area contributed by atoms with Crippen molar-refractivity contribution < 1.29 is 14.3 Å². The van der Waals surface area contributed by atoms with Crippen molar-refractivity contribution in [3.8, 4) is 16.9 Å². The molecule has 9 heteroatoms. The van der Waals surface area contributed by atoms with Crippen LogP contribution in [0.2, 0.25) is 10.0 Å². The van der Waals surface area contributed by atoms with E-state index >= 15 is 0 Å². The Hall–Kier alpha value is -3.81. The SMILES string of the molecule is COC(=O)c1ccccc1NC(=O)c1c(-c2ccc(Cl)cc2Cl)[nH]n(-c2ccccc2)c1=O. The molecule has 7 nitrogen and oxygen atoms in total. The number of ether oxygens (including phenoxy) is 1. The monoisotopic (exact) mass is 481 g/mol. The van der Waals surface area contributed by atoms with E-state index < -0.39 is 17.4 Å². The van der Waals surface area contributed by atoms with Gasteiger partial charge in [0.15, 0.2) is 0 Å². The summed E-state index contributed by atoms with van der Waals surface area (Å²) in [6, 6.07) is 19.9. The minimum atomic E-state index is -0.719. The van der Waals surface area contributed by atoms with Crippen molar-refractivity contribution in [1.82, 2.24) is 9.78 Å². The van der Waals surface area contributed by atoms with Gasteiger partial charge < -0.3 is 10.1 Å². The van der Waals surface area contributed by atoms with Crippen LogP contribution in [-0.4, -0.2) is 28.8 Å². The third-order valence-corrected chi connectivity index (χ3v) is 5.46. The Morgan fingerprint density at radius 2 is 1.67 bits per heavy atom. The number of hydrogen-bond acceptors (Lipinski definition) is 4. The molecule has 0 aliphatic carbocycles. The van der Waals surface area contributed by atoms with Crippen LogP contribution in [0, 0.1) is 0 Å². The summed E-state index contributed by atoms with van der Waals surface area (Å²) < 4.78 is 6.03. The van der Waals surface area contributed by atoms with Gasteiger partial charge in [0.2, 0.25) is 0 Å². The van der Waals surface area contributed by atoms with Crippen LogP contribution in [0.15, 0.2) is 77.6 Å². The molecule has 1 aromatic heterocycles. The molecule has 0 aliphatic heterocycles. The van der Waals surface area contributed by atoms with Gasteiger partial charge in [0.25, 0.3) is 11.5 Å². The molecule has 0 fully saturated rings. The Labute approximate surface area is 198 Å².